The van der Waals surface area contributed by atoms with E-state index in [-0.39, 0.29) is 11.7 Å². The van der Waals surface area contributed by atoms with Gasteiger partial charge in [0.15, 0.2) is 5.78 Å². The summed E-state index contributed by atoms with van der Waals surface area (Å²) < 4.78 is 0. The Morgan fingerprint density at radius 3 is 2.55 bits per heavy atom. The van der Waals surface area contributed by atoms with Gasteiger partial charge in [-0.2, -0.15) is 0 Å². The van der Waals surface area contributed by atoms with E-state index in [4.69, 9.17) is 0 Å². The highest BCUT2D eigenvalue weighted by molar-refractivity contribution is 7.09. The SMILES string of the molecule is CCN(Cc1cccs1)CC(C)C(=O)c1ccccc1. The van der Waals surface area contributed by atoms with Gasteiger partial charge in [0.2, 0.25) is 0 Å². The molecule has 2 aromatic rings. The fourth-order valence-electron chi connectivity index (χ4n) is 2.29. The first-order valence-corrected chi connectivity index (χ1v) is 7.92. The number of Topliss-reactive ketones (excluding diaryl/α,β-unsaturated/α-hetero) is 1. The Bertz CT molecular complexity index is 521. The van der Waals surface area contributed by atoms with Crippen molar-refractivity contribution in [3.05, 3.63) is 58.3 Å². The van der Waals surface area contributed by atoms with Crippen molar-refractivity contribution in [2.75, 3.05) is 13.1 Å². The van der Waals surface area contributed by atoms with Crippen molar-refractivity contribution in [1.82, 2.24) is 4.90 Å². The van der Waals surface area contributed by atoms with Gasteiger partial charge in [0.25, 0.3) is 0 Å². The van der Waals surface area contributed by atoms with Crippen LogP contribution in [-0.4, -0.2) is 23.8 Å². The van der Waals surface area contributed by atoms with Gasteiger partial charge in [-0.05, 0) is 18.0 Å². The molecule has 0 saturated heterocycles. The van der Waals surface area contributed by atoms with E-state index >= 15 is 0 Å². The van der Waals surface area contributed by atoms with E-state index in [0.29, 0.717) is 0 Å². The maximum absolute atomic E-state index is 12.4. The molecule has 1 unspecified atom stereocenters. The van der Waals surface area contributed by atoms with Gasteiger partial charge >= 0.3 is 0 Å². The van der Waals surface area contributed by atoms with Crippen molar-refractivity contribution in [3.63, 3.8) is 0 Å². The second-order valence-electron chi connectivity index (χ2n) is 5.04. The van der Waals surface area contributed by atoms with E-state index in [0.717, 1.165) is 25.2 Å². The van der Waals surface area contributed by atoms with Crippen LogP contribution in [0.15, 0.2) is 47.8 Å². The Morgan fingerprint density at radius 2 is 1.95 bits per heavy atom. The van der Waals surface area contributed by atoms with Crippen molar-refractivity contribution in [2.45, 2.75) is 20.4 Å². The second kappa shape index (κ2) is 7.36. The molecule has 2 nitrogen and oxygen atoms in total. The predicted molar refractivity (Wildman–Crippen MR) is 85.2 cm³/mol. The first-order valence-electron chi connectivity index (χ1n) is 7.04. The standard InChI is InChI=1S/C17H21NOS/c1-3-18(13-16-10-7-11-20-16)12-14(2)17(19)15-8-5-4-6-9-15/h4-11,14H,3,12-13H2,1-2H3. The summed E-state index contributed by atoms with van der Waals surface area (Å²) in [6.45, 7) is 6.87. The van der Waals surface area contributed by atoms with Gasteiger partial charge < -0.3 is 0 Å². The highest BCUT2D eigenvalue weighted by Crippen LogP contribution is 2.15. The second-order valence-corrected chi connectivity index (χ2v) is 6.07. The number of hydrogen-bond donors (Lipinski definition) is 0. The molecule has 1 aromatic carbocycles. The molecule has 0 radical (unpaired) electrons. The lowest BCUT2D eigenvalue weighted by atomic mass is 9.99. The predicted octanol–water partition coefficient (Wildman–Crippen LogP) is 4.09. The van der Waals surface area contributed by atoms with Gasteiger partial charge in [-0.1, -0.05) is 50.2 Å². The fraction of sp³-hybridized carbons (Fsp3) is 0.353. The van der Waals surface area contributed by atoms with Crippen molar-refractivity contribution in [1.29, 1.82) is 0 Å². The topological polar surface area (TPSA) is 20.3 Å². The molecule has 106 valence electrons. The lowest BCUT2D eigenvalue weighted by Crippen LogP contribution is -2.31. The Kier molecular flexibility index (Phi) is 5.50. The summed E-state index contributed by atoms with van der Waals surface area (Å²) in [7, 11) is 0. The number of ketones is 1. The van der Waals surface area contributed by atoms with Crippen LogP contribution in [0, 0.1) is 5.92 Å². The van der Waals surface area contributed by atoms with E-state index < -0.39 is 0 Å². The van der Waals surface area contributed by atoms with Crippen LogP contribution in [0.25, 0.3) is 0 Å². The quantitative estimate of drug-likeness (QED) is 0.715. The summed E-state index contributed by atoms with van der Waals surface area (Å²) in [5.41, 5.74) is 0.812. The van der Waals surface area contributed by atoms with Gasteiger partial charge in [0.1, 0.15) is 0 Å². The minimum absolute atomic E-state index is 0.0253. The summed E-state index contributed by atoms with van der Waals surface area (Å²) in [6, 6.07) is 13.8. The van der Waals surface area contributed by atoms with Gasteiger partial charge in [-0.3, -0.25) is 9.69 Å². The van der Waals surface area contributed by atoms with Gasteiger partial charge in [-0.15, -0.1) is 11.3 Å². The largest absolute Gasteiger partial charge is 0.298 e. The van der Waals surface area contributed by atoms with Crippen molar-refractivity contribution in [3.8, 4) is 0 Å². The van der Waals surface area contributed by atoms with E-state index in [1.807, 2.05) is 37.3 Å². The molecule has 0 amide bonds. The zero-order valence-electron chi connectivity index (χ0n) is 12.1. The number of carbonyl (C=O) groups is 1. The monoisotopic (exact) mass is 287 g/mol. The molecule has 1 aromatic heterocycles. The molecule has 0 aliphatic rings. The minimum atomic E-state index is 0.0253. The molecule has 0 fully saturated rings. The van der Waals surface area contributed by atoms with Gasteiger partial charge in [0.05, 0.1) is 0 Å². The third kappa shape index (κ3) is 4.02. The number of benzene rings is 1. The molecule has 0 saturated carbocycles. The van der Waals surface area contributed by atoms with Crippen LogP contribution in [0.1, 0.15) is 29.1 Å². The molecule has 3 heteroatoms. The van der Waals surface area contributed by atoms with Gasteiger partial charge in [0, 0.05) is 29.4 Å². The molecular weight excluding hydrogens is 266 g/mol. The molecule has 2 rings (SSSR count). The minimum Gasteiger partial charge on any atom is -0.298 e. The highest BCUT2D eigenvalue weighted by atomic mass is 32.1. The molecule has 0 bridgehead atoms. The fourth-order valence-corrected chi connectivity index (χ4v) is 3.03. The Morgan fingerprint density at radius 1 is 1.20 bits per heavy atom. The maximum Gasteiger partial charge on any atom is 0.166 e. The number of hydrogen-bond acceptors (Lipinski definition) is 3. The van der Waals surface area contributed by atoms with Crippen LogP contribution in [0.3, 0.4) is 0 Å². The third-order valence-electron chi connectivity index (χ3n) is 3.44. The van der Waals surface area contributed by atoms with E-state index in [1.165, 1.54) is 4.88 Å². The smallest absolute Gasteiger partial charge is 0.166 e. The molecule has 1 atom stereocenters. The molecule has 0 N–H and O–H groups in total. The molecule has 0 aliphatic heterocycles. The molecule has 0 aliphatic carbocycles. The first kappa shape index (κ1) is 14.9. The maximum atomic E-state index is 12.4. The molecule has 20 heavy (non-hydrogen) atoms. The van der Waals surface area contributed by atoms with Gasteiger partial charge in [-0.25, -0.2) is 0 Å². The first-order chi connectivity index (χ1) is 9.70. The van der Waals surface area contributed by atoms with Crippen LogP contribution in [0.4, 0.5) is 0 Å². The lowest BCUT2D eigenvalue weighted by molar-refractivity contribution is 0.0893. The summed E-state index contributed by atoms with van der Waals surface area (Å²) in [4.78, 5) is 16.1. The van der Waals surface area contributed by atoms with Crippen molar-refractivity contribution < 1.29 is 4.79 Å². The highest BCUT2D eigenvalue weighted by Gasteiger charge is 2.18. The van der Waals surface area contributed by atoms with Crippen LogP contribution < -0.4 is 0 Å². The van der Waals surface area contributed by atoms with E-state index in [2.05, 4.69) is 29.3 Å². The third-order valence-corrected chi connectivity index (χ3v) is 4.31. The number of nitrogens with zero attached hydrogens (tertiary/aromatic N) is 1. The van der Waals surface area contributed by atoms with Crippen LogP contribution in [-0.2, 0) is 6.54 Å². The zero-order chi connectivity index (χ0) is 14.4. The summed E-state index contributed by atoms with van der Waals surface area (Å²) in [6.07, 6.45) is 0. The summed E-state index contributed by atoms with van der Waals surface area (Å²) >= 11 is 1.77. The van der Waals surface area contributed by atoms with E-state index in [9.17, 15) is 4.79 Å². The molecular formula is C17H21NOS. The van der Waals surface area contributed by atoms with E-state index in [1.54, 1.807) is 11.3 Å². The molecule has 0 spiro atoms. The normalized spacial score (nSPS) is 12.6. The average molecular weight is 287 g/mol. The molecule has 1 heterocycles. The summed E-state index contributed by atoms with van der Waals surface area (Å²) in [5.74, 6) is 0.257. The summed E-state index contributed by atoms with van der Waals surface area (Å²) in [5, 5.41) is 2.10. The Hall–Kier alpha value is -1.45. The van der Waals surface area contributed by atoms with Crippen LogP contribution in [0.2, 0.25) is 0 Å². The van der Waals surface area contributed by atoms with Crippen molar-refractivity contribution >= 4 is 17.1 Å². The number of rotatable bonds is 7. The Balaban J connectivity index is 1.95. The number of carbonyl (C=O) groups excluding carboxylic acids is 1. The lowest BCUT2D eigenvalue weighted by Gasteiger charge is -2.23. The van der Waals surface area contributed by atoms with Crippen LogP contribution >= 0.6 is 11.3 Å². The number of thiophene rings is 1. The Labute approximate surface area is 125 Å². The zero-order valence-corrected chi connectivity index (χ0v) is 12.9. The average Bonchev–Trinajstić information content (AvgIpc) is 2.99. The van der Waals surface area contributed by atoms with Crippen molar-refractivity contribution in [2.24, 2.45) is 5.92 Å². The van der Waals surface area contributed by atoms with Crippen LogP contribution in [0.5, 0.6) is 0 Å².